The zero-order valence-corrected chi connectivity index (χ0v) is 11.9. The number of hydrogen-bond acceptors (Lipinski definition) is 4. The normalized spacial score (nSPS) is 10.2. The SMILES string of the molecule is CCCCCCCC(=O)c1ccc(OCC(=O)[O-])cc1. The Hall–Kier alpha value is -1.84. The summed E-state index contributed by atoms with van der Waals surface area (Å²) in [6, 6.07) is 6.54. The molecule has 0 bridgehead atoms. The highest BCUT2D eigenvalue weighted by molar-refractivity contribution is 5.96. The summed E-state index contributed by atoms with van der Waals surface area (Å²) >= 11 is 0. The molecule has 4 nitrogen and oxygen atoms in total. The Labute approximate surface area is 119 Å². The van der Waals surface area contributed by atoms with Gasteiger partial charge in [0.15, 0.2) is 5.78 Å². The number of hydrogen-bond donors (Lipinski definition) is 0. The van der Waals surface area contributed by atoms with Gasteiger partial charge in [0, 0.05) is 12.0 Å². The molecular weight excluding hydrogens is 256 g/mol. The number of ketones is 1. The zero-order chi connectivity index (χ0) is 14.8. The number of carbonyl (C=O) groups is 2. The Morgan fingerprint density at radius 1 is 1.05 bits per heavy atom. The van der Waals surface area contributed by atoms with Gasteiger partial charge in [-0.25, -0.2) is 0 Å². The lowest BCUT2D eigenvalue weighted by molar-refractivity contribution is -0.307. The van der Waals surface area contributed by atoms with Gasteiger partial charge in [-0.3, -0.25) is 4.79 Å². The Bertz CT molecular complexity index is 423. The summed E-state index contributed by atoms with van der Waals surface area (Å²) in [6.45, 7) is 1.68. The van der Waals surface area contributed by atoms with E-state index >= 15 is 0 Å². The largest absolute Gasteiger partial charge is 0.546 e. The van der Waals surface area contributed by atoms with Gasteiger partial charge < -0.3 is 14.6 Å². The van der Waals surface area contributed by atoms with E-state index < -0.39 is 12.6 Å². The smallest absolute Gasteiger partial charge is 0.162 e. The summed E-state index contributed by atoms with van der Waals surface area (Å²) in [4.78, 5) is 22.2. The first kappa shape index (κ1) is 16.2. The fourth-order valence-electron chi connectivity index (χ4n) is 1.91. The third-order valence-electron chi connectivity index (χ3n) is 3.04. The number of Topliss-reactive ketones (excluding diaryl/α,β-unsaturated/α-hetero) is 1. The number of carbonyl (C=O) groups excluding carboxylic acids is 2. The van der Waals surface area contributed by atoms with Crippen LogP contribution in [0.1, 0.15) is 55.8 Å². The zero-order valence-electron chi connectivity index (χ0n) is 11.9. The average molecular weight is 277 g/mol. The van der Waals surface area contributed by atoms with E-state index in [2.05, 4.69) is 6.92 Å². The Morgan fingerprint density at radius 2 is 1.70 bits per heavy atom. The maximum absolute atomic E-state index is 11.9. The first-order valence-electron chi connectivity index (χ1n) is 7.09. The van der Waals surface area contributed by atoms with Gasteiger partial charge in [-0.2, -0.15) is 0 Å². The summed E-state index contributed by atoms with van der Waals surface area (Å²) in [5.41, 5.74) is 0.640. The molecule has 1 aromatic carbocycles. The molecule has 1 aromatic rings. The van der Waals surface area contributed by atoms with Crippen molar-refractivity contribution in [3.63, 3.8) is 0 Å². The van der Waals surface area contributed by atoms with Crippen LogP contribution in [0, 0.1) is 0 Å². The minimum Gasteiger partial charge on any atom is -0.546 e. The van der Waals surface area contributed by atoms with Crippen LogP contribution in [0.5, 0.6) is 5.75 Å². The molecule has 0 amide bonds. The minimum atomic E-state index is -1.27. The molecule has 110 valence electrons. The molecule has 0 N–H and O–H groups in total. The monoisotopic (exact) mass is 277 g/mol. The molecule has 0 spiro atoms. The number of aliphatic carboxylic acids is 1. The molecule has 20 heavy (non-hydrogen) atoms. The average Bonchev–Trinajstić information content (AvgIpc) is 2.45. The van der Waals surface area contributed by atoms with E-state index in [4.69, 9.17) is 4.74 Å². The van der Waals surface area contributed by atoms with Crippen LogP contribution in [0.4, 0.5) is 0 Å². The number of carboxylic acid groups (broad SMARTS) is 1. The predicted molar refractivity (Wildman–Crippen MR) is 74.7 cm³/mol. The second kappa shape index (κ2) is 9.13. The fraction of sp³-hybridized carbons (Fsp3) is 0.500. The maximum Gasteiger partial charge on any atom is 0.162 e. The molecule has 0 aromatic heterocycles. The molecule has 4 heteroatoms. The third-order valence-corrected chi connectivity index (χ3v) is 3.04. The summed E-state index contributed by atoms with van der Waals surface area (Å²) in [7, 11) is 0. The van der Waals surface area contributed by atoms with E-state index in [0.717, 1.165) is 12.8 Å². The van der Waals surface area contributed by atoms with Crippen LogP contribution in [0.2, 0.25) is 0 Å². The fourth-order valence-corrected chi connectivity index (χ4v) is 1.91. The number of rotatable bonds is 10. The molecule has 0 aliphatic heterocycles. The lowest BCUT2D eigenvalue weighted by Crippen LogP contribution is -2.28. The molecule has 0 saturated carbocycles. The third kappa shape index (κ3) is 6.36. The van der Waals surface area contributed by atoms with E-state index in [9.17, 15) is 14.7 Å². The van der Waals surface area contributed by atoms with E-state index in [1.165, 1.54) is 19.3 Å². The van der Waals surface area contributed by atoms with Gasteiger partial charge in [0.05, 0.1) is 5.97 Å². The van der Waals surface area contributed by atoms with Crippen LogP contribution in [0.3, 0.4) is 0 Å². The van der Waals surface area contributed by atoms with E-state index in [1.54, 1.807) is 24.3 Å². The number of carboxylic acids is 1. The Morgan fingerprint density at radius 3 is 2.30 bits per heavy atom. The van der Waals surface area contributed by atoms with Crippen molar-refractivity contribution in [1.82, 2.24) is 0 Å². The molecule has 0 unspecified atom stereocenters. The van der Waals surface area contributed by atoms with Crippen molar-refractivity contribution in [3.8, 4) is 5.75 Å². The minimum absolute atomic E-state index is 0.118. The van der Waals surface area contributed by atoms with Gasteiger partial charge >= 0.3 is 0 Å². The Balaban J connectivity index is 2.35. The lowest BCUT2D eigenvalue weighted by atomic mass is 10.0. The van der Waals surface area contributed by atoms with Crippen molar-refractivity contribution >= 4 is 11.8 Å². The highest BCUT2D eigenvalue weighted by atomic mass is 16.5. The van der Waals surface area contributed by atoms with Crippen molar-refractivity contribution in [3.05, 3.63) is 29.8 Å². The molecular formula is C16H21O4-. The number of unbranched alkanes of at least 4 members (excludes halogenated alkanes) is 4. The van der Waals surface area contributed by atoms with Crippen molar-refractivity contribution in [2.75, 3.05) is 6.61 Å². The predicted octanol–water partition coefficient (Wildman–Crippen LogP) is 2.36. The van der Waals surface area contributed by atoms with Crippen LogP contribution < -0.4 is 9.84 Å². The van der Waals surface area contributed by atoms with Crippen molar-refractivity contribution < 1.29 is 19.4 Å². The summed E-state index contributed by atoms with van der Waals surface area (Å²) < 4.78 is 4.95. The van der Waals surface area contributed by atoms with Crippen LogP contribution in [0.25, 0.3) is 0 Å². The number of ether oxygens (including phenoxy) is 1. The quantitative estimate of drug-likeness (QED) is 0.486. The van der Waals surface area contributed by atoms with Gasteiger partial charge in [0.1, 0.15) is 12.4 Å². The summed E-state index contributed by atoms with van der Waals surface area (Å²) in [5, 5.41) is 10.3. The van der Waals surface area contributed by atoms with Crippen LogP contribution in [0.15, 0.2) is 24.3 Å². The van der Waals surface area contributed by atoms with Gasteiger partial charge in [-0.15, -0.1) is 0 Å². The summed E-state index contributed by atoms with van der Waals surface area (Å²) in [6.07, 6.45) is 6.16. The van der Waals surface area contributed by atoms with Gasteiger partial charge in [0.25, 0.3) is 0 Å². The molecule has 0 saturated heterocycles. The first-order chi connectivity index (χ1) is 9.63. The molecule has 0 radical (unpaired) electrons. The maximum atomic E-state index is 11.9. The van der Waals surface area contributed by atoms with Gasteiger partial charge in [-0.05, 0) is 30.7 Å². The van der Waals surface area contributed by atoms with Crippen LogP contribution in [-0.2, 0) is 4.79 Å². The molecule has 0 atom stereocenters. The standard InChI is InChI=1S/C16H22O4/c1-2-3-4-5-6-7-15(17)13-8-10-14(11-9-13)20-12-16(18)19/h8-11H,2-7,12H2,1H3,(H,18,19)/p-1. The first-order valence-corrected chi connectivity index (χ1v) is 7.09. The van der Waals surface area contributed by atoms with Crippen molar-refractivity contribution in [2.45, 2.75) is 45.4 Å². The summed E-state index contributed by atoms with van der Waals surface area (Å²) in [5.74, 6) is -0.723. The second-order valence-electron chi connectivity index (χ2n) is 4.77. The molecule has 0 fully saturated rings. The van der Waals surface area contributed by atoms with E-state index in [1.807, 2.05) is 0 Å². The van der Waals surface area contributed by atoms with Crippen LogP contribution >= 0.6 is 0 Å². The molecule has 0 heterocycles. The lowest BCUT2D eigenvalue weighted by Gasteiger charge is -2.07. The Kier molecular flexibility index (Phi) is 7.40. The van der Waals surface area contributed by atoms with Crippen molar-refractivity contribution in [2.24, 2.45) is 0 Å². The topological polar surface area (TPSA) is 66.4 Å². The van der Waals surface area contributed by atoms with E-state index in [0.29, 0.717) is 17.7 Å². The van der Waals surface area contributed by atoms with E-state index in [-0.39, 0.29) is 5.78 Å². The van der Waals surface area contributed by atoms with Gasteiger partial charge in [-0.1, -0.05) is 32.6 Å². The van der Waals surface area contributed by atoms with Crippen molar-refractivity contribution in [1.29, 1.82) is 0 Å². The molecule has 1 rings (SSSR count). The van der Waals surface area contributed by atoms with Gasteiger partial charge in [0.2, 0.25) is 0 Å². The molecule has 0 aliphatic carbocycles. The highest BCUT2D eigenvalue weighted by Gasteiger charge is 2.05. The van der Waals surface area contributed by atoms with Crippen LogP contribution in [-0.4, -0.2) is 18.4 Å². The highest BCUT2D eigenvalue weighted by Crippen LogP contribution is 2.15. The second-order valence-corrected chi connectivity index (χ2v) is 4.77. The molecule has 0 aliphatic rings. The number of benzene rings is 1.